The minimum atomic E-state index is -1.82. The van der Waals surface area contributed by atoms with Gasteiger partial charge in [0, 0.05) is 0 Å². The number of hydroxylamine groups is 2. The topological polar surface area (TPSA) is 106 Å². The number of hydrogen-bond donors (Lipinski definition) is 2. The lowest BCUT2D eigenvalue weighted by atomic mass is 10.7. The fourth-order valence-electron chi connectivity index (χ4n) is 0.295. The highest BCUT2D eigenvalue weighted by Gasteiger charge is 2.04. The van der Waals surface area contributed by atoms with Crippen LogP contribution in [0.1, 0.15) is 6.92 Å². The molecule has 0 aliphatic heterocycles. The maximum atomic E-state index is 9.10. The molecule has 0 atom stereocenters. The summed E-state index contributed by atoms with van der Waals surface area (Å²) in [6.45, 7) is 2.51. The summed E-state index contributed by atoms with van der Waals surface area (Å²) in [5.41, 5.74) is 0. The summed E-state index contributed by atoms with van der Waals surface area (Å²) in [4.78, 5) is 31.6. The number of carbonyl (C=O) groups is 2. The van der Waals surface area contributed by atoms with Gasteiger partial charge < -0.3 is 10.2 Å². The van der Waals surface area contributed by atoms with Crippen LogP contribution in [0.2, 0.25) is 0 Å². The Morgan fingerprint density at radius 1 is 1.21 bits per heavy atom. The summed E-state index contributed by atoms with van der Waals surface area (Å²) in [5.74, 6) is -3.65. The molecule has 84 valence electrons. The van der Waals surface area contributed by atoms with Gasteiger partial charge in [-0.25, -0.2) is 14.5 Å². The first-order valence-corrected chi connectivity index (χ1v) is 3.48. The number of carboxylic acid groups (broad SMARTS) is 2. The Labute approximate surface area is 80.4 Å². The Morgan fingerprint density at radius 2 is 1.64 bits per heavy atom. The molecule has 8 nitrogen and oxygen atoms in total. The third kappa shape index (κ3) is 10.8. The second-order valence-corrected chi connectivity index (χ2v) is 1.68. The lowest BCUT2D eigenvalue weighted by Crippen LogP contribution is -2.21. The molecular formula is C6H13NO7. The van der Waals surface area contributed by atoms with Crippen molar-refractivity contribution in [2.45, 2.75) is 6.92 Å². The van der Waals surface area contributed by atoms with E-state index in [1.807, 2.05) is 6.92 Å². The summed E-state index contributed by atoms with van der Waals surface area (Å²) in [6.07, 6.45) is 0. The highest BCUT2D eigenvalue weighted by molar-refractivity contribution is 6.27. The van der Waals surface area contributed by atoms with E-state index in [1.54, 1.807) is 0 Å². The Bertz CT molecular complexity index is 156. The second-order valence-electron chi connectivity index (χ2n) is 1.68. The van der Waals surface area contributed by atoms with Gasteiger partial charge in [0.15, 0.2) is 0 Å². The number of aliphatic carboxylic acids is 2. The molecule has 0 aromatic carbocycles. The SMILES string of the molecule is CCN(OC)OOC.O=C(O)C(=O)O. The zero-order chi connectivity index (χ0) is 11.6. The highest BCUT2D eigenvalue weighted by atomic mass is 17.3. The van der Waals surface area contributed by atoms with Gasteiger partial charge in [-0.2, -0.15) is 0 Å². The van der Waals surface area contributed by atoms with Crippen LogP contribution >= 0.6 is 0 Å². The Morgan fingerprint density at radius 3 is 1.71 bits per heavy atom. The van der Waals surface area contributed by atoms with Crippen LogP contribution in [-0.4, -0.2) is 48.1 Å². The van der Waals surface area contributed by atoms with E-state index in [0.717, 1.165) is 0 Å². The van der Waals surface area contributed by atoms with Gasteiger partial charge in [-0.05, 0) is 12.2 Å². The fourth-order valence-corrected chi connectivity index (χ4v) is 0.295. The largest absolute Gasteiger partial charge is 0.473 e. The molecule has 0 radical (unpaired) electrons. The van der Waals surface area contributed by atoms with Gasteiger partial charge in [-0.3, -0.25) is 4.84 Å². The molecule has 0 fully saturated rings. The molecule has 0 rings (SSSR count). The van der Waals surface area contributed by atoms with Gasteiger partial charge in [-0.1, -0.05) is 0 Å². The van der Waals surface area contributed by atoms with Crippen LogP contribution in [0.15, 0.2) is 0 Å². The maximum absolute atomic E-state index is 9.10. The predicted molar refractivity (Wildman–Crippen MR) is 42.8 cm³/mol. The van der Waals surface area contributed by atoms with E-state index in [1.165, 1.54) is 19.4 Å². The van der Waals surface area contributed by atoms with Crippen LogP contribution < -0.4 is 0 Å². The monoisotopic (exact) mass is 211 g/mol. The smallest absolute Gasteiger partial charge is 0.414 e. The van der Waals surface area contributed by atoms with E-state index in [9.17, 15) is 0 Å². The predicted octanol–water partition coefficient (Wildman–Crippen LogP) is -0.482. The van der Waals surface area contributed by atoms with Crippen LogP contribution in [0.3, 0.4) is 0 Å². The number of rotatable bonds is 4. The molecular weight excluding hydrogens is 198 g/mol. The molecule has 0 saturated heterocycles. The summed E-state index contributed by atoms with van der Waals surface area (Å²) in [5, 5.41) is 16.0. The first-order valence-electron chi connectivity index (χ1n) is 3.48. The van der Waals surface area contributed by atoms with E-state index in [0.29, 0.717) is 6.54 Å². The first-order chi connectivity index (χ1) is 6.49. The standard InChI is InChI=1S/C4H11NO3.C2H2O4/c1-4-5(6-2)8-7-3;3-1(4)2(5)6/h4H2,1-3H3;(H,3,4)(H,5,6). The van der Waals surface area contributed by atoms with Crippen LogP contribution in [0, 0.1) is 0 Å². The Kier molecular flexibility index (Phi) is 10.8. The molecule has 0 aliphatic carbocycles. The van der Waals surface area contributed by atoms with Crippen molar-refractivity contribution in [2.75, 3.05) is 20.8 Å². The summed E-state index contributed by atoms with van der Waals surface area (Å²) in [7, 11) is 2.92. The fraction of sp³-hybridized carbons (Fsp3) is 0.667. The lowest BCUT2D eigenvalue weighted by molar-refractivity contribution is -0.507. The first kappa shape index (κ1) is 15.3. The van der Waals surface area contributed by atoms with Crippen molar-refractivity contribution in [3.63, 3.8) is 0 Å². The van der Waals surface area contributed by atoms with E-state index in [2.05, 4.69) is 14.7 Å². The molecule has 0 heterocycles. The van der Waals surface area contributed by atoms with E-state index in [4.69, 9.17) is 19.8 Å². The number of carboxylic acids is 2. The van der Waals surface area contributed by atoms with Crippen molar-refractivity contribution in [1.82, 2.24) is 5.23 Å². The zero-order valence-corrected chi connectivity index (χ0v) is 8.09. The van der Waals surface area contributed by atoms with Crippen LogP contribution in [0.25, 0.3) is 0 Å². The molecule has 0 spiro atoms. The van der Waals surface area contributed by atoms with Gasteiger partial charge in [0.25, 0.3) is 0 Å². The number of hydrogen-bond acceptors (Lipinski definition) is 6. The van der Waals surface area contributed by atoms with Gasteiger partial charge in [-0.15, -0.1) is 4.99 Å². The molecule has 0 aromatic rings. The summed E-state index contributed by atoms with van der Waals surface area (Å²) < 4.78 is 0. The minimum absolute atomic E-state index is 0.629. The van der Waals surface area contributed by atoms with Crippen LogP contribution in [0.5, 0.6) is 0 Å². The quantitative estimate of drug-likeness (QED) is 0.365. The second kappa shape index (κ2) is 9.86. The van der Waals surface area contributed by atoms with Gasteiger partial charge in [0.05, 0.1) is 20.8 Å². The summed E-state index contributed by atoms with van der Waals surface area (Å²) in [6, 6.07) is 0. The average molecular weight is 211 g/mol. The Hall–Kier alpha value is -1.22. The van der Waals surface area contributed by atoms with Gasteiger partial charge in [0.1, 0.15) is 0 Å². The molecule has 0 unspecified atom stereocenters. The Balaban J connectivity index is 0. The van der Waals surface area contributed by atoms with Crippen LogP contribution in [0.4, 0.5) is 0 Å². The summed E-state index contributed by atoms with van der Waals surface area (Å²) >= 11 is 0. The van der Waals surface area contributed by atoms with E-state index in [-0.39, 0.29) is 0 Å². The van der Waals surface area contributed by atoms with Crippen molar-refractivity contribution in [2.24, 2.45) is 0 Å². The highest BCUT2D eigenvalue weighted by Crippen LogP contribution is 1.86. The maximum Gasteiger partial charge on any atom is 0.414 e. The average Bonchev–Trinajstić information content (AvgIpc) is 2.15. The molecule has 0 aliphatic rings. The van der Waals surface area contributed by atoms with Crippen molar-refractivity contribution in [3.05, 3.63) is 0 Å². The normalized spacial score (nSPS) is 9.14. The zero-order valence-electron chi connectivity index (χ0n) is 8.09. The van der Waals surface area contributed by atoms with Crippen molar-refractivity contribution >= 4 is 11.9 Å². The third-order valence-electron chi connectivity index (χ3n) is 0.802. The minimum Gasteiger partial charge on any atom is -0.473 e. The van der Waals surface area contributed by atoms with Crippen molar-refractivity contribution in [1.29, 1.82) is 0 Å². The van der Waals surface area contributed by atoms with E-state index >= 15 is 0 Å². The van der Waals surface area contributed by atoms with Crippen LogP contribution in [-0.2, 0) is 24.3 Å². The molecule has 14 heavy (non-hydrogen) atoms. The van der Waals surface area contributed by atoms with E-state index < -0.39 is 11.9 Å². The van der Waals surface area contributed by atoms with Crippen molar-refractivity contribution in [3.8, 4) is 0 Å². The van der Waals surface area contributed by atoms with Crippen molar-refractivity contribution < 1.29 is 34.5 Å². The number of nitrogens with zero attached hydrogens (tertiary/aromatic N) is 1. The molecule has 2 N–H and O–H groups in total. The molecule has 0 amide bonds. The lowest BCUT2D eigenvalue weighted by Gasteiger charge is -2.12. The molecule has 0 aromatic heterocycles. The molecule has 8 heteroatoms. The molecule has 0 bridgehead atoms. The van der Waals surface area contributed by atoms with Gasteiger partial charge in [0.2, 0.25) is 0 Å². The van der Waals surface area contributed by atoms with Gasteiger partial charge >= 0.3 is 11.9 Å². The molecule has 0 saturated carbocycles. The third-order valence-corrected chi connectivity index (χ3v) is 0.802.